The van der Waals surface area contributed by atoms with Crippen molar-refractivity contribution in [3.8, 4) is 5.75 Å². The summed E-state index contributed by atoms with van der Waals surface area (Å²) < 4.78 is 10.8. The average Bonchev–Trinajstić information content (AvgIpc) is 2.54. The quantitative estimate of drug-likeness (QED) is 0.788. The van der Waals surface area contributed by atoms with Gasteiger partial charge in [-0.1, -0.05) is 29.8 Å². The fourth-order valence-electron chi connectivity index (χ4n) is 2.16. The Morgan fingerprint density at radius 2 is 1.95 bits per heavy atom. The number of hydrogen-bond donors (Lipinski definition) is 1. The summed E-state index contributed by atoms with van der Waals surface area (Å²) >= 11 is 6.08. The van der Waals surface area contributed by atoms with E-state index in [9.17, 15) is 4.79 Å². The molecule has 22 heavy (non-hydrogen) atoms. The highest BCUT2D eigenvalue weighted by Gasteiger charge is 2.07. The van der Waals surface area contributed by atoms with E-state index in [4.69, 9.17) is 20.8 Å². The van der Waals surface area contributed by atoms with Gasteiger partial charge in [0.1, 0.15) is 5.75 Å². The number of ether oxygens (including phenoxy) is 1. The molecule has 0 aliphatic carbocycles. The third kappa shape index (κ3) is 2.92. The second-order valence-corrected chi connectivity index (χ2v) is 5.20. The third-order valence-electron chi connectivity index (χ3n) is 3.33. The van der Waals surface area contributed by atoms with E-state index in [0.29, 0.717) is 28.4 Å². The molecule has 0 amide bonds. The molecule has 0 aliphatic heterocycles. The average molecular weight is 316 g/mol. The zero-order valence-corrected chi connectivity index (χ0v) is 12.7. The molecule has 2 aromatic carbocycles. The highest BCUT2D eigenvalue weighted by Crippen LogP contribution is 2.24. The van der Waals surface area contributed by atoms with Crippen LogP contribution in [0.15, 0.2) is 57.7 Å². The lowest BCUT2D eigenvalue weighted by molar-refractivity contribution is 0.414. The number of nitrogens with one attached hydrogen (secondary N) is 1. The first-order valence-corrected chi connectivity index (χ1v) is 7.14. The van der Waals surface area contributed by atoms with Gasteiger partial charge in [0.05, 0.1) is 17.5 Å². The van der Waals surface area contributed by atoms with Crippen LogP contribution in [-0.4, -0.2) is 7.11 Å². The molecule has 0 atom stereocenters. The van der Waals surface area contributed by atoms with Gasteiger partial charge in [-0.3, -0.25) is 4.79 Å². The van der Waals surface area contributed by atoms with Crippen molar-refractivity contribution < 1.29 is 9.15 Å². The second-order valence-electron chi connectivity index (χ2n) is 4.79. The molecule has 0 bridgehead atoms. The van der Waals surface area contributed by atoms with Crippen LogP contribution in [0.1, 0.15) is 5.56 Å². The van der Waals surface area contributed by atoms with Crippen molar-refractivity contribution in [2.75, 3.05) is 12.4 Å². The number of methoxy groups -OCH3 is 1. The van der Waals surface area contributed by atoms with Crippen molar-refractivity contribution in [1.82, 2.24) is 0 Å². The molecule has 3 rings (SSSR count). The van der Waals surface area contributed by atoms with E-state index in [1.165, 1.54) is 6.07 Å². The number of hydrogen-bond acceptors (Lipinski definition) is 4. The fraction of sp³-hybridized carbons (Fsp3) is 0.118. The Morgan fingerprint density at radius 1 is 1.18 bits per heavy atom. The smallest absolute Gasteiger partial charge is 0.197 e. The van der Waals surface area contributed by atoms with E-state index < -0.39 is 0 Å². The van der Waals surface area contributed by atoms with Crippen molar-refractivity contribution in [3.05, 3.63) is 69.3 Å². The summed E-state index contributed by atoms with van der Waals surface area (Å²) in [5.41, 5.74) is 1.32. The van der Waals surface area contributed by atoms with E-state index >= 15 is 0 Å². The zero-order chi connectivity index (χ0) is 15.5. The van der Waals surface area contributed by atoms with Crippen LogP contribution in [0.5, 0.6) is 5.75 Å². The van der Waals surface area contributed by atoms with Gasteiger partial charge in [0.25, 0.3) is 0 Å². The molecule has 0 spiro atoms. The summed E-state index contributed by atoms with van der Waals surface area (Å²) in [4.78, 5) is 12.1. The summed E-state index contributed by atoms with van der Waals surface area (Å²) in [6.45, 7) is 0.531. The molecule has 1 heterocycles. The fourth-order valence-corrected chi connectivity index (χ4v) is 2.38. The maximum Gasteiger partial charge on any atom is 0.197 e. The largest absolute Gasteiger partial charge is 0.497 e. The van der Waals surface area contributed by atoms with E-state index in [-0.39, 0.29) is 5.43 Å². The Labute approximate surface area is 132 Å². The minimum atomic E-state index is -0.124. The van der Waals surface area contributed by atoms with Crippen molar-refractivity contribution in [1.29, 1.82) is 0 Å². The number of halogens is 1. The maximum atomic E-state index is 12.1. The third-order valence-corrected chi connectivity index (χ3v) is 3.63. The predicted octanol–water partition coefficient (Wildman–Crippen LogP) is 4.07. The molecule has 0 aliphatic rings. The number of benzene rings is 2. The first-order valence-electron chi connectivity index (χ1n) is 6.76. The van der Waals surface area contributed by atoms with Crippen molar-refractivity contribution in [2.24, 2.45) is 0 Å². The molecule has 1 N–H and O–H groups in total. The molecule has 0 unspecified atom stereocenters. The summed E-state index contributed by atoms with van der Waals surface area (Å²) in [5, 5.41) is 3.99. The van der Waals surface area contributed by atoms with Gasteiger partial charge in [0.2, 0.25) is 0 Å². The van der Waals surface area contributed by atoms with Gasteiger partial charge in [-0.05, 0) is 29.8 Å². The molecule has 0 radical (unpaired) electrons. The molecule has 112 valence electrons. The summed E-state index contributed by atoms with van der Waals surface area (Å²) in [5.74, 6) is 1.19. The normalized spacial score (nSPS) is 10.6. The van der Waals surface area contributed by atoms with E-state index in [1.807, 2.05) is 24.3 Å². The first-order chi connectivity index (χ1) is 10.7. The van der Waals surface area contributed by atoms with Gasteiger partial charge in [-0.15, -0.1) is 0 Å². The van der Waals surface area contributed by atoms with Crippen molar-refractivity contribution >= 4 is 28.5 Å². The van der Waals surface area contributed by atoms with Gasteiger partial charge in [-0.2, -0.15) is 0 Å². The first kappa shape index (κ1) is 14.5. The van der Waals surface area contributed by atoms with Crippen LogP contribution in [0.3, 0.4) is 0 Å². The minimum Gasteiger partial charge on any atom is -0.497 e. The molecule has 1 aromatic heterocycles. The van der Waals surface area contributed by atoms with Crippen LogP contribution in [0.2, 0.25) is 5.02 Å². The second kappa shape index (κ2) is 6.12. The molecular formula is C17H14ClNO3. The lowest BCUT2D eigenvalue weighted by Crippen LogP contribution is -2.05. The molecule has 0 fully saturated rings. The Kier molecular flexibility index (Phi) is 4.02. The Balaban J connectivity index is 1.84. The molecule has 0 saturated heterocycles. The Hall–Kier alpha value is -2.46. The molecular weight excluding hydrogens is 302 g/mol. The van der Waals surface area contributed by atoms with Crippen LogP contribution < -0.4 is 15.5 Å². The highest BCUT2D eigenvalue weighted by molar-refractivity contribution is 6.34. The molecule has 3 aromatic rings. The lowest BCUT2D eigenvalue weighted by Gasteiger charge is -2.08. The van der Waals surface area contributed by atoms with Crippen LogP contribution in [0.4, 0.5) is 5.88 Å². The SMILES string of the molecule is COc1ccc(CNc2cc(=O)c3cccc(Cl)c3o2)cc1. The standard InChI is InChI=1S/C17H14ClNO3/c1-21-12-7-5-11(6-8-12)10-19-16-9-15(20)13-3-2-4-14(18)17(13)22-16/h2-9,19H,10H2,1H3. The van der Waals surface area contributed by atoms with Crippen molar-refractivity contribution in [2.45, 2.75) is 6.54 Å². The zero-order valence-electron chi connectivity index (χ0n) is 11.9. The van der Waals surface area contributed by atoms with Crippen LogP contribution in [0, 0.1) is 0 Å². The van der Waals surface area contributed by atoms with Crippen LogP contribution >= 0.6 is 11.6 Å². The highest BCUT2D eigenvalue weighted by atomic mass is 35.5. The van der Waals surface area contributed by atoms with Gasteiger partial charge < -0.3 is 14.5 Å². The number of rotatable bonds is 4. The lowest BCUT2D eigenvalue weighted by atomic mass is 10.2. The molecule has 0 saturated carbocycles. The van der Waals surface area contributed by atoms with Crippen LogP contribution in [0.25, 0.3) is 11.0 Å². The van der Waals surface area contributed by atoms with Gasteiger partial charge >= 0.3 is 0 Å². The van der Waals surface area contributed by atoms with E-state index in [2.05, 4.69) is 5.32 Å². The summed E-state index contributed by atoms with van der Waals surface area (Å²) in [6.07, 6.45) is 0. The summed E-state index contributed by atoms with van der Waals surface area (Å²) in [7, 11) is 1.63. The molecule has 5 heteroatoms. The Bertz CT molecular complexity index is 856. The summed E-state index contributed by atoms with van der Waals surface area (Å²) in [6, 6.07) is 14.2. The topological polar surface area (TPSA) is 51.5 Å². The number of fused-ring (bicyclic) bond motifs is 1. The van der Waals surface area contributed by atoms with E-state index in [0.717, 1.165) is 11.3 Å². The number of para-hydroxylation sites is 1. The predicted molar refractivity (Wildman–Crippen MR) is 87.8 cm³/mol. The minimum absolute atomic E-state index is 0.124. The molecule has 4 nitrogen and oxygen atoms in total. The Morgan fingerprint density at radius 3 is 2.68 bits per heavy atom. The maximum absolute atomic E-state index is 12.1. The van der Waals surface area contributed by atoms with Gasteiger partial charge in [0, 0.05) is 12.6 Å². The monoisotopic (exact) mass is 315 g/mol. The number of anilines is 1. The van der Waals surface area contributed by atoms with Crippen LogP contribution in [-0.2, 0) is 6.54 Å². The van der Waals surface area contributed by atoms with Gasteiger partial charge in [-0.25, -0.2) is 0 Å². The van der Waals surface area contributed by atoms with E-state index in [1.54, 1.807) is 25.3 Å². The van der Waals surface area contributed by atoms with Crippen molar-refractivity contribution in [3.63, 3.8) is 0 Å². The van der Waals surface area contributed by atoms with Gasteiger partial charge in [0.15, 0.2) is 16.9 Å².